The van der Waals surface area contributed by atoms with Crippen LogP contribution in [-0.4, -0.2) is 77.4 Å². The number of aliphatic hydroxyl groups is 1. The van der Waals surface area contributed by atoms with Gasteiger partial charge in [-0.2, -0.15) is 0 Å². The van der Waals surface area contributed by atoms with E-state index in [1.54, 1.807) is 18.1 Å². The molecule has 0 spiro atoms. The molecule has 3 aliphatic rings. The molecule has 10 nitrogen and oxygen atoms in total. The van der Waals surface area contributed by atoms with Crippen LogP contribution in [0.2, 0.25) is 0 Å². The van der Waals surface area contributed by atoms with Crippen molar-refractivity contribution in [1.29, 1.82) is 0 Å². The van der Waals surface area contributed by atoms with Crippen molar-refractivity contribution in [3.05, 3.63) is 30.0 Å². The number of aliphatic hydroxyl groups excluding tert-OH is 1. The number of hydrogen-bond acceptors (Lipinski definition) is 6. The molecule has 1 aromatic heterocycles. The van der Waals surface area contributed by atoms with Crippen LogP contribution in [0.1, 0.15) is 42.6 Å². The first-order valence-corrected chi connectivity index (χ1v) is 12.6. The molecule has 192 valence electrons. The van der Waals surface area contributed by atoms with Crippen LogP contribution in [-0.2, 0) is 14.4 Å². The Hall–Kier alpha value is -3.40. The fourth-order valence-electron chi connectivity index (χ4n) is 6.22. The predicted molar refractivity (Wildman–Crippen MR) is 130 cm³/mol. The third kappa shape index (κ3) is 4.34. The van der Waals surface area contributed by atoms with Gasteiger partial charge in [-0.25, -0.2) is 0 Å². The standard InChI is InChI=1S/C26H32N4O6/c1-36-22-7-3-6-18-17(22)11-20(28-18)26(35)30-12-15-4-2-5-16(15)23(30)25(34)29-19(21(32)13-31)10-14-8-9-27-24(14)33/h3,6-7,11,14-16,19,23,28,31H,2,4-5,8-10,12-13H2,1H3,(H,27,33)(H,29,34)/t14-,15+,16+,19-,23+/m1/s1. The number of nitrogens with one attached hydrogen (secondary N) is 3. The first kappa shape index (κ1) is 24.3. The zero-order valence-electron chi connectivity index (χ0n) is 20.3. The fraction of sp³-hybridized carbons (Fsp3) is 0.538. The first-order valence-electron chi connectivity index (χ1n) is 12.6. The number of carbonyl (C=O) groups excluding carboxylic acids is 4. The molecule has 4 N–H and O–H groups in total. The van der Waals surface area contributed by atoms with E-state index in [0.717, 1.165) is 30.2 Å². The molecule has 5 atom stereocenters. The van der Waals surface area contributed by atoms with Gasteiger partial charge in [-0.3, -0.25) is 19.2 Å². The Balaban J connectivity index is 1.39. The van der Waals surface area contributed by atoms with E-state index in [-0.39, 0.29) is 30.1 Å². The molecule has 1 aromatic carbocycles. The predicted octanol–water partition coefficient (Wildman–Crippen LogP) is 0.990. The highest BCUT2D eigenvalue weighted by molar-refractivity contribution is 6.02. The van der Waals surface area contributed by atoms with Crippen LogP contribution in [0.25, 0.3) is 10.9 Å². The number of carbonyl (C=O) groups is 4. The van der Waals surface area contributed by atoms with Gasteiger partial charge in [-0.1, -0.05) is 12.5 Å². The maximum atomic E-state index is 13.7. The van der Waals surface area contributed by atoms with Crippen molar-refractivity contribution in [2.75, 3.05) is 26.8 Å². The summed E-state index contributed by atoms with van der Waals surface area (Å²) in [4.78, 5) is 56.6. The zero-order valence-corrected chi connectivity index (χ0v) is 20.3. The zero-order chi connectivity index (χ0) is 25.4. The molecule has 3 heterocycles. The molecule has 2 aromatic rings. The Labute approximate surface area is 208 Å². The van der Waals surface area contributed by atoms with Crippen LogP contribution in [0, 0.1) is 17.8 Å². The molecule has 36 heavy (non-hydrogen) atoms. The van der Waals surface area contributed by atoms with Gasteiger partial charge in [0.25, 0.3) is 5.91 Å². The number of benzene rings is 1. The molecule has 3 amide bonds. The smallest absolute Gasteiger partial charge is 0.271 e. The maximum Gasteiger partial charge on any atom is 0.271 e. The van der Waals surface area contributed by atoms with E-state index in [1.807, 2.05) is 18.2 Å². The number of aromatic amines is 1. The summed E-state index contributed by atoms with van der Waals surface area (Å²) in [5.41, 5.74) is 1.14. The van der Waals surface area contributed by atoms with Gasteiger partial charge in [0, 0.05) is 29.9 Å². The Bertz CT molecular complexity index is 1190. The van der Waals surface area contributed by atoms with Crippen LogP contribution in [0.15, 0.2) is 24.3 Å². The number of amides is 3. The van der Waals surface area contributed by atoms with Crippen molar-refractivity contribution < 1.29 is 29.0 Å². The second kappa shape index (κ2) is 9.93. The highest BCUT2D eigenvalue weighted by Gasteiger charge is 2.50. The molecule has 2 saturated heterocycles. The summed E-state index contributed by atoms with van der Waals surface area (Å²) in [5.74, 6) is -0.889. The number of likely N-dealkylation sites (tertiary alicyclic amines) is 1. The minimum atomic E-state index is -0.980. The maximum absolute atomic E-state index is 13.7. The van der Waals surface area contributed by atoms with Gasteiger partial charge < -0.3 is 30.4 Å². The summed E-state index contributed by atoms with van der Waals surface area (Å²) in [6, 6.07) is 5.57. The molecule has 0 radical (unpaired) electrons. The van der Waals surface area contributed by atoms with Crippen LogP contribution in [0.4, 0.5) is 0 Å². The van der Waals surface area contributed by atoms with E-state index in [4.69, 9.17) is 4.74 Å². The number of rotatable bonds is 8. The van der Waals surface area contributed by atoms with Crippen LogP contribution in [0.5, 0.6) is 5.75 Å². The van der Waals surface area contributed by atoms with Crippen LogP contribution >= 0.6 is 0 Å². The molecular weight excluding hydrogens is 464 g/mol. The average Bonchev–Trinajstić information content (AvgIpc) is 3.66. The monoisotopic (exact) mass is 496 g/mol. The molecule has 5 rings (SSSR count). The Kier molecular flexibility index (Phi) is 6.70. The minimum absolute atomic E-state index is 0.00696. The Morgan fingerprint density at radius 2 is 2.08 bits per heavy atom. The molecule has 3 fully saturated rings. The van der Waals surface area contributed by atoms with Crippen molar-refractivity contribution in [3.8, 4) is 5.75 Å². The van der Waals surface area contributed by atoms with Gasteiger partial charge in [0.15, 0.2) is 5.78 Å². The molecule has 1 saturated carbocycles. The largest absolute Gasteiger partial charge is 0.496 e. The van der Waals surface area contributed by atoms with Gasteiger partial charge >= 0.3 is 0 Å². The number of H-pyrrole nitrogens is 1. The molecule has 10 heteroatoms. The number of ketones is 1. The summed E-state index contributed by atoms with van der Waals surface area (Å²) >= 11 is 0. The molecule has 2 aliphatic heterocycles. The Morgan fingerprint density at radius 1 is 1.25 bits per heavy atom. The fourth-order valence-corrected chi connectivity index (χ4v) is 6.22. The number of aromatic nitrogens is 1. The lowest BCUT2D eigenvalue weighted by Gasteiger charge is -2.29. The molecule has 1 aliphatic carbocycles. The summed E-state index contributed by atoms with van der Waals surface area (Å²) in [6.45, 7) is 0.273. The van der Waals surface area contributed by atoms with Crippen molar-refractivity contribution in [3.63, 3.8) is 0 Å². The van der Waals surface area contributed by atoms with Gasteiger partial charge in [-0.15, -0.1) is 0 Å². The van der Waals surface area contributed by atoms with Gasteiger partial charge in [0.1, 0.15) is 24.1 Å². The van der Waals surface area contributed by atoms with Crippen LogP contribution in [0.3, 0.4) is 0 Å². The van der Waals surface area contributed by atoms with Crippen molar-refractivity contribution in [1.82, 2.24) is 20.5 Å². The second-order valence-corrected chi connectivity index (χ2v) is 10.1. The lowest BCUT2D eigenvalue weighted by Crippen LogP contribution is -2.53. The van der Waals surface area contributed by atoms with E-state index in [1.165, 1.54) is 0 Å². The van der Waals surface area contributed by atoms with E-state index in [0.29, 0.717) is 31.0 Å². The van der Waals surface area contributed by atoms with E-state index < -0.39 is 36.3 Å². The number of Topliss-reactive ketones (excluding diaryl/α,β-unsaturated/α-hetero) is 1. The van der Waals surface area contributed by atoms with Gasteiger partial charge in [0.05, 0.1) is 13.2 Å². The first-order chi connectivity index (χ1) is 17.4. The molecular formula is C26H32N4O6. The van der Waals surface area contributed by atoms with E-state index in [2.05, 4.69) is 15.6 Å². The highest BCUT2D eigenvalue weighted by atomic mass is 16.5. The van der Waals surface area contributed by atoms with Crippen molar-refractivity contribution in [2.45, 2.75) is 44.2 Å². The van der Waals surface area contributed by atoms with Crippen molar-refractivity contribution in [2.24, 2.45) is 17.8 Å². The number of hydrogen-bond donors (Lipinski definition) is 4. The summed E-state index contributed by atoms with van der Waals surface area (Å²) < 4.78 is 5.42. The third-order valence-corrected chi connectivity index (χ3v) is 8.04. The topological polar surface area (TPSA) is 141 Å². The summed E-state index contributed by atoms with van der Waals surface area (Å²) in [6.07, 6.45) is 3.47. The normalized spacial score (nSPS) is 26.1. The number of nitrogens with zero attached hydrogens (tertiary/aromatic N) is 1. The van der Waals surface area contributed by atoms with E-state index in [9.17, 15) is 24.3 Å². The highest BCUT2D eigenvalue weighted by Crippen LogP contribution is 2.43. The Morgan fingerprint density at radius 3 is 2.81 bits per heavy atom. The summed E-state index contributed by atoms with van der Waals surface area (Å²) in [7, 11) is 1.57. The average molecular weight is 497 g/mol. The summed E-state index contributed by atoms with van der Waals surface area (Å²) in [5, 5.41) is 15.8. The van der Waals surface area contributed by atoms with Gasteiger partial charge in [0.2, 0.25) is 11.8 Å². The molecule has 0 unspecified atom stereocenters. The van der Waals surface area contributed by atoms with Gasteiger partial charge in [-0.05, 0) is 55.7 Å². The minimum Gasteiger partial charge on any atom is -0.496 e. The second-order valence-electron chi connectivity index (χ2n) is 10.1. The van der Waals surface area contributed by atoms with Crippen LogP contribution < -0.4 is 15.4 Å². The third-order valence-electron chi connectivity index (χ3n) is 8.04. The SMILES string of the molecule is COc1cccc2[nH]c(C(=O)N3C[C@@H]4CCC[C@@H]4[C@H]3C(=O)N[C@H](C[C@H]3CCNC3=O)C(=O)CO)cc12. The number of ether oxygens (including phenoxy) is 1. The lowest BCUT2D eigenvalue weighted by molar-refractivity contribution is -0.133. The lowest BCUT2D eigenvalue weighted by atomic mass is 9.92. The number of fused-ring (bicyclic) bond motifs is 2. The van der Waals surface area contributed by atoms with E-state index >= 15 is 0 Å². The quantitative estimate of drug-likeness (QED) is 0.430. The van der Waals surface area contributed by atoms with Crippen molar-refractivity contribution >= 4 is 34.4 Å². The number of methoxy groups -OCH3 is 1. The molecule has 0 bridgehead atoms.